The van der Waals surface area contributed by atoms with Gasteiger partial charge >= 0.3 is 6.01 Å². The minimum absolute atomic E-state index is 0.488. The summed E-state index contributed by atoms with van der Waals surface area (Å²) in [6.07, 6.45) is 4.73. The van der Waals surface area contributed by atoms with Crippen LogP contribution in [0.3, 0.4) is 0 Å². The first kappa shape index (κ1) is 9.40. The Morgan fingerprint density at radius 3 is 2.93 bits per heavy atom. The normalized spacial score (nSPS) is 21.1. The smallest absolute Gasteiger partial charge is 0.316 e. The third-order valence-electron chi connectivity index (χ3n) is 2.37. The van der Waals surface area contributed by atoms with Gasteiger partial charge in [0.05, 0.1) is 6.61 Å². The third-order valence-corrected chi connectivity index (χ3v) is 2.37. The number of aryl methyl sites for hydroxylation is 1. The summed E-state index contributed by atoms with van der Waals surface area (Å²) in [7, 11) is 0. The van der Waals surface area contributed by atoms with Gasteiger partial charge in [-0.1, -0.05) is 0 Å². The quantitative estimate of drug-likeness (QED) is 0.770. The number of ether oxygens (including phenoxy) is 1. The van der Waals surface area contributed by atoms with Crippen molar-refractivity contribution < 1.29 is 4.74 Å². The second kappa shape index (κ2) is 4.37. The molecule has 14 heavy (non-hydrogen) atoms. The van der Waals surface area contributed by atoms with Gasteiger partial charge in [0.1, 0.15) is 0 Å². The molecule has 1 aliphatic heterocycles. The maximum atomic E-state index is 5.48. The van der Waals surface area contributed by atoms with Crippen molar-refractivity contribution in [2.75, 3.05) is 19.7 Å². The van der Waals surface area contributed by atoms with Crippen LogP contribution in [0, 0.1) is 12.8 Å². The molecule has 1 atom stereocenters. The van der Waals surface area contributed by atoms with Gasteiger partial charge in [0.25, 0.3) is 0 Å². The van der Waals surface area contributed by atoms with Crippen LogP contribution >= 0.6 is 0 Å². The highest BCUT2D eigenvalue weighted by molar-refractivity contribution is 5.04. The lowest BCUT2D eigenvalue weighted by Crippen LogP contribution is -2.16. The molecule has 1 aliphatic rings. The number of hydrogen-bond acceptors (Lipinski definition) is 4. The Kier molecular flexibility index (Phi) is 2.93. The zero-order valence-corrected chi connectivity index (χ0v) is 8.36. The molecule has 1 aromatic heterocycles. The molecule has 1 aromatic rings. The fourth-order valence-corrected chi connectivity index (χ4v) is 1.50. The van der Waals surface area contributed by atoms with Crippen molar-refractivity contribution in [2.24, 2.45) is 5.92 Å². The molecule has 1 unspecified atom stereocenters. The van der Waals surface area contributed by atoms with Gasteiger partial charge < -0.3 is 10.1 Å². The van der Waals surface area contributed by atoms with E-state index in [1.807, 2.05) is 6.92 Å². The van der Waals surface area contributed by atoms with Crippen LogP contribution in [0.5, 0.6) is 6.01 Å². The summed E-state index contributed by atoms with van der Waals surface area (Å²) in [5.41, 5.74) is 1.06. The molecule has 0 bridgehead atoms. The second-order valence-electron chi connectivity index (χ2n) is 3.71. The largest absolute Gasteiger partial charge is 0.463 e. The summed E-state index contributed by atoms with van der Waals surface area (Å²) in [6.45, 7) is 4.83. The van der Waals surface area contributed by atoms with Crippen LogP contribution in [-0.4, -0.2) is 29.7 Å². The van der Waals surface area contributed by atoms with Crippen molar-refractivity contribution in [2.45, 2.75) is 13.3 Å². The molecule has 1 N–H and O–H groups in total. The fraction of sp³-hybridized carbons (Fsp3) is 0.600. The monoisotopic (exact) mass is 193 g/mol. The molecule has 1 fully saturated rings. The van der Waals surface area contributed by atoms with Crippen LogP contribution < -0.4 is 10.1 Å². The van der Waals surface area contributed by atoms with Gasteiger partial charge in [-0.05, 0) is 25.5 Å². The van der Waals surface area contributed by atoms with E-state index in [0.29, 0.717) is 11.9 Å². The Hall–Kier alpha value is -1.16. The van der Waals surface area contributed by atoms with Crippen molar-refractivity contribution in [3.05, 3.63) is 18.0 Å². The van der Waals surface area contributed by atoms with Crippen LogP contribution in [0.2, 0.25) is 0 Å². The molecule has 2 rings (SSSR count). The summed E-state index contributed by atoms with van der Waals surface area (Å²) < 4.78 is 5.48. The van der Waals surface area contributed by atoms with Crippen LogP contribution in [-0.2, 0) is 0 Å². The Labute approximate surface area is 83.7 Å². The van der Waals surface area contributed by atoms with Gasteiger partial charge in [-0.2, -0.15) is 0 Å². The van der Waals surface area contributed by atoms with E-state index in [4.69, 9.17) is 4.74 Å². The van der Waals surface area contributed by atoms with Crippen molar-refractivity contribution in [3.8, 4) is 6.01 Å². The molecule has 4 nitrogen and oxygen atoms in total. The summed E-state index contributed by atoms with van der Waals surface area (Å²) in [5.74, 6) is 0.611. The molecule has 0 amide bonds. The lowest BCUT2D eigenvalue weighted by molar-refractivity contribution is 0.241. The molecular formula is C10H15N3O. The zero-order chi connectivity index (χ0) is 9.80. The van der Waals surface area contributed by atoms with Gasteiger partial charge in [0.2, 0.25) is 0 Å². The molecule has 2 heterocycles. The van der Waals surface area contributed by atoms with E-state index < -0.39 is 0 Å². The number of rotatable bonds is 3. The van der Waals surface area contributed by atoms with Gasteiger partial charge in [-0.25, -0.2) is 9.97 Å². The van der Waals surface area contributed by atoms with Gasteiger partial charge in [0.15, 0.2) is 0 Å². The predicted octanol–water partition coefficient (Wildman–Crippen LogP) is 0.773. The van der Waals surface area contributed by atoms with Gasteiger partial charge in [-0.3, -0.25) is 0 Å². The molecule has 0 aromatic carbocycles. The van der Waals surface area contributed by atoms with Gasteiger partial charge in [-0.15, -0.1) is 0 Å². The van der Waals surface area contributed by atoms with Crippen molar-refractivity contribution in [3.63, 3.8) is 0 Å². The highest BCUT2D eigenvalue weighted by Crippen LogP contribution is 2.09. The maximum absolute atomic E-state index is 5.48. The van der Waals surface area contributed by atoms with Crippen LogP contribution in [0.25, 0.3) is 0 Å². The van der Waals surface area contributed by atoms with E-state index in [2.05, 4.69) is 15.3 Å². The van der Waals surface area contributed by atoms with Gasteiger partial charge in [0, 0.05) is 24.9 Å². The number of aromatic nitrogens is 2. The lowest BCUT2D eigenvalue weighted by Gasteiger charge is -2.08. The lowest BCUT2D eigenvalue weighted by atomic mass is 10.1. The average Bonchev–Trinajstić information content (AvgIpc) is 2.70. The van der Waals surface area contributed by atoms with Crippen LogP contribution in [0.1, 0.15) is 12.0 Å². The Morgan fingerprint density at radius 2 is 2.29 bits per heavy atom. The van der Waals surface area contributed by atoms with E-state index in [9.17, 15) is 0 Å². The average molecular weight is 193 g/mol. The second-order valence-corrected chi connectivity index (χ2v) is 3.71. The number of nitrogens with one attached hydrogen (secondary N) is 1. The molecule has 0 radical (unpaired) electrons. The Bertz CT molecular complexity index is 280. The van der Waals surface area contributed by atoms with Crippen molar-refractivity contribution in [1.29, 1.82) is 0 Å². The first-order valence-corrected chi connectivity index (χ1v) is 4.97. The molecule has 0 saturated carbocycles. The molecule has 0 aliphatic carbocycles. The van der Waals surface area contributed by atoms with Crippen LogP contribution in [0.4, 0.5) is 0 Å². The molecule has 0 spiro atoms. The van der Waals surface area contributed by atoms with Crippen molar-refractivity contribution >= 4 is 0 Å². The van der Waals surface area contributed by atoms with E-state index in [-0.39, 0.29) is 0 Å². The number of hydrogen-bond donors (Lipinski definition) is 1. The Morgan fingerprint density at radius 1 is 1.50 bits per heavy atom. The summed E-state index contributed by atoms with van der Waals surface area (Å²) in [6, 6.07) is 0.488. The summed E-state index contributed by atoms with van der Waals surface area (Å²) in [5, 5.41) is 3.30. The standard InChI is InChI=1S/C10H15N3O/c1-8-4-12-10(13-5-8)14-7-9-2-3-11-6-9/h4-5,9,11H,2-3,6-7H2,1H3. The summed E-state index contributed by atoms with van der Waals surface area (Å²) >= 11 is 0. The first-order valence-electron chi connectivity index (χ1n) is 4.97. The SMILES string of the molecule is Cc1cnc(OCC2CCNC2)nc1. The molecule has 1 saturated heterocycles. The van der Waals surface area contributed by atoms with E-state index in [1.54, 1.807) is 12.4 Å². The minimum Gasteiger partial charge on any atom is -0.463 e. The highest BCUT2D eigenvalue weighted by Gasteiger charge is 2.15. The van der Waals surface area contributed by atoms with E-state index in [0.717, 1.165) is 25.3 Å². The van der Waals surface area contributed by atoms with Crippen LogP contribution in [0.15, 0.2) is 12.4 Å². The third kappa shape index (κ3) is 2.42. The zero-order valence-electron chi connectivity index (χ0n) is 8.36. The predicted molar refractivity (Wildman–Crippen MR) is 53.2 cm³/mol. The first-order chi connectivity index (χ1) is 6.84. The maximum Gasteiger partial charge on any atom is 0.316 e. The highest BCUT2D eigenvalue weighted by atomic mass is 16.5. The fourth-order valence-electron chi connectivity index (χ4n) is 1.50. The van der Waals surface area contributed by atoms with Crippen molar-refractivity contribution in [1.82, 2.24) is 15.3 Å². The molecule has 76 valence electrons. The van der Waals surface area contributed by atoms with E-state index >= 15 is 0 Å². The van der Waals surface area contributed by atoms with E-state index in [1.165, 1.54) is 6.42 Å². The number of nitrogens with zero attached hydrogens (tertiary/aromatic N) is 2. The minimum atomic E-state index is 0.488. The summed E-state index contributed by atoms with van der Waals surface area (Å²) in [4.78, 5) is 8.17. The molecular weight excluding hydrogens is 178 g/mol. The topological polar surface area (TPSA) is 47.0 Å². The Balaban J connectivity index is 1.82. The molecule has 4 heteroatoms.